The molecular weight excluding hydrogens is 405 g/mol. The highest BCUT2D eigenvalue weighted by atomic mass is 19.4. The van der Waals surface area contributed by atoms with Crippen LogP contribution in [0.4, 0.5) is 24.5 Å². The first-order chi connectivity index (χ1) is 14.1. The number of hydrogen-bond acceptors (Lipinski definition) is 5. The molecule has 158 valence electrons. The Morgan fingerprint density at radius 3 is 2.60 bits per heavy atom. The summed E-state index contributed by atoms with van der Waals surface area (Å²) in [7, 11) is 0. The third-order valence-electron chi connectivity index (χ3n) is 4.56. The average molecular weight is 422 g/mol. The van der Waals surface area contributed by atoms with Gasteiger partial charge in [-0.25, -0.2) is 4.79 Å². The highest BCUT2D eigenvalue weighted by Gasteiger charge is 2.49. The van der Waals surface area contributed by atoms with Crippen LogP contribution in [-0.2, 0) is 14.3 Å². The van der Waals surface area contributed by atoms with Gasteiger partial charge in [0, 0.05) is 0 Å². The first-order valence-electron chi connectivity index (χ1n) is 8.83. The molecule has 1 aliphatic heterocycles. The minimum atomic E-state index is -4.90. The molecule has 2 amide bonds. The van der Waals surface area contributed by atoms with Crippen molar-refractivity contribution in [3.63, 3.8) is 0 Å². The number of amides is 2. The van der Waals surface area contributed by atoms with E-state index in [9.17, 15) is 32.7 Å². The molecule has 0 aliphatic carbocycles. The van der Waals surface area contributed by atoms with Gasteiger partial charge in [0.25, 0.3) is 5.91 Å². The number of carbonyl (C=O) groups excluding carboxylic acids is 3. The summed E-state index contributed by atoms with van der Waals surface area (Å²) in [5.41, 5.74) is 0.0395. The van der Waals surface area contributed by atoms with Gasteiger partial charge in [-0.05, 0) is 30.7 Å². The van der Waals surface area contributed by atoms with Crippen molar-refractivity contribution < 1.29 is 37.4 Å². The van der Waals surface area contributed by atoms with Crippen LogP contribution in [0.2, 0.25) is 0 Å². The fraction of sp³-hybridized carbons (Fsp3) is 0.250. The molecule has 7 nitrogen and oxygen atoms in total. The maximum atomic E-state index is 13.6. The summed E-state index contributed by atoms with van der Waals surface area (Å²) >= 11 is 0. The van der Waals surface area contributed by atoms with Crippen molar-refractivity contribution in [2.45, 2.75) is 25.6 Å². The van der Waals surface area contributed by atoms with E-state index in [1.165, 1.54) is 36.4 Å². The van der Waals surface area contributed by atoms with Gasteiger partial charge in [0.05, 0.1) is 17.8 Å². The van der Waals surface area contributed by atoms with E-state index in [4.69, 9.17) is 4.74 Å². The monoisotopic (exact) mass is 422 g/mol. The number of aryl methyl sites for hydroxylation is 1. The Morgan fingerprint density at radius 2 is 1.90 bits per heavy atom. The molecule has 1 unspecified atom stereocenters. The number of nitrogens with zero attached hydrogens (tertiary/aromatic N) is 1. The Kier molecular flexibility index (Phi) is 5.68. The zero-order valence-corrected chi connectivity index (χ0v) is 15.7. The number of para-hydroxylation sites is 3. The smallest absolute Gasteiger partial charge is 0.409 e. The van der Waals surface area contributed by atoms with Gasteiger partial charge in [0.1, 0.15) is 17.4 Å². The molecule has 2 N–H and O–H groups in total. The predicted molar refractivity (Wildman–Crippen MR) is 100 cm³/mol. The van der Waals surface area contributed by atoms with Crippen molar-refractivity contribution in [3.8, 4) is 5.75 Å². The van der Waals surface area contributed by atoms with E-state index in [0.29, 0.717) is 10.5 Å². The van der Waals surface area contributed by atoms with E-state index in [2.05, 4.69) is 5.32 Å². The van der Waals surface area contributed by atoms with Gasteiger partial charge >= 0.3 is 12.1 Å². The summed E-state index contributed by atoms with van der Waals surface area (Å²) in [4.78, 5) is 37.3. The fourth-order valence-corrected chi connectivity index (χ4v) is 3.09. The molecule has 0 bridgehead atoms. The molecule has 2 aromatic rings. The van der Waals surface area contributed by atoms with Crippen LogP contribution in [0.25, 0.3) is 0 Å². The molecule has 0 aromatic heterocycles. The van der Waals surface area contributed by atoms with Crippen LogP contribution >= 0.6 is 0 Å². The summed E-state index contributed by atoms with van der Waals surface area (Å²) in [5.74, 6) is -3.48. The number of phenolic OH excluding ortho intramolecular Hbond substituents is 1. The van der Waals surface area contributed by atoms with E-state index in [1.807, 2.05) is 0 Å². The van der Waals surface area contributed by atoms with Crippen LogP contribution in [0, 0.1) is 6.92 Å². The lowest BCUT2D eigenvalue weighted by molar-refractivity contribution is -0.158. The molecule has 2 aromatic carbocycles. The van der Waals surface area contributed by atoms with Crippen molar-refractivity contribution >= 4 is 29.2 Å². The first kappa shape index (κ1) is 21.2. The molecule has 10 heteroatoms. The number of phenols is 1. The molecule has 0 fully saturated rings. The van der Waals surface area contributed by atoms with E-state index >= 15 is 0 Å². The highest BCUT2D eigenvalue weighted by molar-refractivity contribution is 6.05. The Labute approximate surface area is 169 Å². The minimum Gasteiger partial charge on any atom is -0.507 e. The summed E-state index contributed by atoms with van der Waals surface area (Å²) in [5, 5.41) is 12.3. The molecule has 1 atom stereocenters. The molecule has 0 radical (unpaired) electrons. The fourth-order valence-electron chi connectivity index (χ4n) is 3.09. The molecule has 0 saturated carbocycles. The normalized spacial score (nSPS) is 16.3. The number of anilines is 2. The third-order valence-corrected chi connectivity index (χ3v) is 4.56. The zero-order chi connectivity index (χ0) is 22.1. The second-order valence-electron chi connectivity index (χ2n) is 6.64. The second-order valence-corrected chi connectivity index (χ2v) is 6.64. The van der Waals surface area contributed by atoms with Crippen molar-refractivity contribution in [2.75, 3.05) is 16.8 Å². The average Bonchev–Trinajstić information content (AvgIpc) is 2.83. The SMILES string of the molecule is Cc1cccc(C(=O)OCC(=O)N2c3ccccc3NC(=O)CC2C(F)(F)F)c1O. The number of fused-ring (bicyclic) bond motifs is 1. The molecular formula is C20H17F3N2O5. The standard InChI is InChI=1S/C20H17F3N2O5/c1-11-5-4-6-12(18(11)28)19(29)30-10-17(27)25-14-8-3-2-7-13(14)24-16(26)9-15(25)20(21,22)23/h2-8,15,28H,9-10H2,1H3,(H,24,26). The number of nitrogens with one attached hydrogen (secondary N) is 1. The Morgan fingerprint density at radius 1 is 1.20 bits per heavy atom. The Bertz CT molecular complexity index is 1010. The lowest BCUT2D eigenvalue weighted by atomic mass is 10.1. The van der Waals surface area contributed by atoms with E-state index in [0.717, 1.165) is 0 Å². The lowest BCUT2D eigenvalue weighted by Crippen LogP contribution is -2.51. The van der Waals surface area contributed by atoms with Gasteiger partial charge in [0.15, 0.2) is 6.61 Å². The number of alkyl halides is 3. The summed E-state index contributed by atoms with van der Waals surface area (Å²) in [6.45, 7) is 0.532. The van der Waals surface area contributed by atoms with Crippen LogP contribution in [0.15, 0.2) is 42.5 Å². The molecule has 0 saturated heterocycles. The number of halogens is 3. The van der Waals surface area contributed by atoms with Crippen molar-refractivity contribution in [2.24, 2.45) is 0 Å². The minimum absolute atomic E-state index is 0.0326. The lowest BCUT2D eigenvalue weighted by Gasteiger charge is -2.31. The quantitative estimate of drug-likeness (QED) is 0.741. The zero-order valence-electron chi connectivity index (χ0n) is 15.7. The number of benzene rings is 2. The van der Waals surface area contributed by atoms with Gasteiger partial charge in [-0.1, -0.05) is 24.3 Å². The molecule has 1 heterocycles. The van der Waals surface area contributed by atoms with Gasteiger partial charge in [-0.15, -0.1) is 0 Å². The number of aromatic hydroxyl groups is 1. The van der Waals surface area contributed by atoms with E-state index in [1.54, 1.807) is 13.0 Å². The molecule has 1 aliphatic rings. The number of carbonyl (C=O) groups is 3. The second kappa shape index (κ2) is 8.05. The van der Waals surface area contributed by atoms with Crippen molar-refractivity contribution in [3.05, 3.63) is 53.6 Å². The maximum absolute atomic E-state index is 13.6. The van der Waals surface area contributed by atoms with Crippen molar-refractivity contribution in [1.29, 1.82) is 0 Å². The Balaban J connectivity index is 1.88. The van der Waals surface area contributed by atoms with Crippen LogP contribution in [0.5, 0.6) is 5.75 Å². The van der Waals surface area contributed by atoms with Crippen LogP contribution in [0.3, 0.4) is 0 Å². The van der Waals surface area contributed by atoms with Crippen LogP contribution in [-0.4, -0.2) is 41.7 Å². The summed E-state index contributed by atoms with van der Waals surface area (Å²) < 4.78 is 45.8. The largest absolute Gasteiger partial charge is 0.507 e. The molecule has 0 spiro atoms. The maximum Gasteiger partial charge on any atom is 0.409 e. The van der Waals surface area contributed by atoms with E-state index < -0.39 is 43.0 Å². The first-order valence-corrected chi connectivity index (χ1v) is 8.83. The van der Waals surface area contributed by atoms with Crippen LogP contribution < -0.4 is 10.2 Å². The number of hydrogen-bond donors (Lipinski definition) is 2. The molecule has 30 heavy (non-hydrogen) atoms. The van der Waals surface area contributed by atoms with Crippen molar-refractivity contribution in [1.82, 2.24) is 0 Å². The topological polar surface area (TPSA) is 95.9 Å². The van der Waals surface area contributed by atoms with E-state index in [-0.39, 0.29) is 22.7 Å². The number of ether oxygens (including phenoxy) is 1. The van der Waals surface area contributed by atoms with Gasteiger partial charge in [-0.2, -0.15) is 13.2 Å². The summed E-state index contributed by atoms with van der Waals surface area (Å²) in [6.07, 6.45) is -5.90. The predicted octanol–water partition coefficient (Wildman–Crippen LogP) is 3.16. The molecule has 3 rings (SSSR count). The van der Waals surface area contributed by atoms with Gasteiger partial charge < -0.3 is 15.2 Å². The number of esters is 1. The highest BCUT2D eigenvalue weighted by Crippen LogP contribution is 2.37. The number of rotatable bonds is 3. The van der Waals surface area contributed by atoms with Gasteiger partial charge in [-0.3, -0.25) is 14.5 Å². The summed E-state index contributed by atoms with van der Waals surface area (Å²) in [6, 6.07) is 7.39. The van der Waals surface area contributed by atoms with Crippen LogP contribution in [0.1, 0.15) is 22.3 Å². The van der Waals surface area contributed by atoms with Gasteiger partial charge in [0.2, 0.25) is 5.91 Å². The Hall–Kier alpha value is -3.56. The third kappa shape index (κ3) is 4.22.